The van der Waals surface area contributed by atoms with Gasteiger partial charge in [0.15, 0.2) is 0 Å². The molecule has 0 bridgehead atoms. The summed E-state index contributed by atoms with van der Waals surface area (Å²) in [6.45, 7) is 5.20. The zero-order chi connectivity index (χ0) is 18.3. The minimum absolute atomic E-state index is 0.210. The van der Waals surface area contributed by atoms with Crippen molar-refractivity contribution in [2.75, 3.05) is 13.1 Å². The summed E-state index contributed by atoms with van der Waals surface area (Å²) in [5.41, 5.74) is 5.39. The van der Waals surface area contributed by atoms with Crippen molar-refractivity contribution in [3.8, 4) is 5.69 Å². The van der Waals surface area contributed by atoms with Gasteiger partial charge >= 0.3 is 0 Å². The zero-order valence-corrected chi connectivity index (χ0v) is 15.8. The maximum atomic E-state index is 4.88. The quantitative estimate of drug-likeness (QED) is 0.719. The summed E-state index contributed by atoms with van der Waals surface area (Å²) in [5, 5.41) is 4.43. The van der Waals surface area contributed by atoms with Crippen molar-refractivity contribution < 1.29 is 0 Å². The molecule has 5 nitrogen and oxygen atoms in total. The van der Waals surface area contributed by atoms with E-state index in [4.69, 9.17) is 4.98 Å². The van der Waals surface area contributed by atoms with E-state index in [1.54, 1.807) is 0 Å². The Kier molecular flexibility index (Phi) is 4.05. The van der Waals surface area contributed by atoms with Gasteiger partial charge < -0.3 is 0 Å². The number of fused-ring (bicyclic) bond motifs is 2. The highest BCUT2D eigenvalue weighted by molar-refractivity contribution is 5.40. The SMILES string of the molecule is Cc1ncc2c(n1)C1(CCCN(Cc3ccccc3-n3cccn3)C1)CC2. The maximum absolute atomic E-state index is 4.88. The fourth-order valence-electron chi connectivity index (χ4n) is 4.91. The van der Waals surface area contributed by atoms with Gasteiger partial charge in [-0.15, -0.1) is 0 Å². The number of aromatic nitrogens is 4. The van der Waals surface area contributed by atoms with Crippen molar-refractivity contribution in [1.82, 2.24) is 24.6 Å². The largest absolute Gasteiger partial charge is 0.298 e. The first-order valence-corrected chi connectivity index (χ1v) is 9.87. The molecule has 138 valence electrons. The van der Waals surface area contributed by atoms with E-state index in [0.717, 1.165) is 31.9 Å². The highest BCUT2D eigenvalue weighted by atomic mass is 15.3. The Balaban J connectivity index is 1.42. The van der Waals surface area contributed by atoms with Crippen LogP contribution in [-0.4, -0.2) is 37.7 Å². The second kappa shape index (κ2) is 6.57. The Bertz CT molecular complexity index is 945. The molecule has 1 fully saturated rings. The molecular formula is C22H25N5. The first-order valence-electron chi connectivity index (χ1n) is 9.87. The van der Waals surface area contributed by atoms with Crippen molar-refractivity contribution in [2.45, 2.75) is 44.6 Å². The number of likely N-dealkylation sites (tertiary alicyclic amines) is 1. The fraction of sp³-hybridized carbons (Fsp3) is 0.409. The first kappa shape index (κ1) is 16.6. The van der Waals surface area contributed by atoms with Gasteiger partial charge in [0, 0.05) is 37.1 Å². The predicted molar refractivity (Wildman–Crippen MR) is 105 cm³/mol. The Morgan fingerprint density at radius 3 is 2.96 bits per heavy atom. The molecule has 1 unspecified atom stereocenters. The smallest absolute Gasteiger partial charge is 0.125 e. The maximum Gasteiger partial charge on any atom is 0.125 e. The summed E-state index contributed by atoms with van der Waals surface area (Å²) >= 11 is 0. The molecule has 0 saturated carbocycles. The van der Waals surface area contributed by atoms with Crippen molar-refractivity contribution in [2.24, 2.45) is 0 Å². The van der Waals surface area contributed by atoms with Gasteiger partial charge in [-0.3, -0.25) is 4.90 Å². The van der Waals surface area contributed by atoms with E-state index in [1.807, 2.05) is 30.1 Å². The van der Waals surface area contributed by atoms with E-state index in [0.29, 0.717) is 0 Å². The molecule has 5 heteroatoms. The predicted octanol–water partition coefficient (Wildman–Crippen LogP) is 3.45. The van der Waals surface area contributed by atoms with Crippen LogP contribution in [0.1, 0.15) is 41.9 Å². The molecule has 1 atom stereocenters. The van der Waals surface area contributed by atoms with Crippen LogP contribution < -0.4 is 0 Å². The van der Waals surface area contributed by atoms with E-state index in [2.05, 4.69) is 45.4 Å². The van der Waals surface area contributed by atoms with Gasteiger partial charge in [0.05, 0.1) is 11.4 Å². The van der Waals surface area contributed by atoms with Crippen LogP contribution in [0.15, 0.2) is 48.9 Å². The highest BCUT2D eigenvalue weighted by Gasteiger charge is 2.43. The van der Waals surface area contributed by atoms with Crippen molar-refractivity contribution in [3.05, 3.63) is 71.6 Å². The zero-order valence-electron chi connectivity index (χ0n) is 15.8. The third-order valence-electron chi connectivity index (χ3n) is 6.15. The van der Waals surface area contributed by atoms with E-state index in [-0.39, 0.29) is 5.41 Å². The number of nitrogens with zero attached hydrogens (tertiary/aromatic N) is 5. The summed E-state index contributed by atoms with van der Waals surface area (Å²) < 4.78 is 1.97. The number of para-hydroxylation sites is 1. The summed E-state index contributed by atoms with van der Waals surface area (Å²) in [5.74, 6) is 0.899. The van der Waals surface area contributed by atoms with E-state index >= 15 is 0 Å². The Morgan fingerprint density at radius 1 is 1.15 bits per heavy atom. The van der Waals surface area contributed by atoms with Crippen LogP contribution in [0.25, 0.3) is 5.69 Å². The van der Waals surface area contributed by atoms with Crippen LogP contribution in [0.2, 0.25) is 0 Å². The molecule has 3 heterocycles. The van der Waals surface area contributed by atoms with Crippen molar-refractivity contribution in [3.63, 3.8) is 0 Å². The lowest BCUT2D eigenvalue weighted by Gasteiger charge is -2.40. The number of hydrogen-bond acceptors (Lipinski definition) is 4. The molecule has 1 aliphatic heterocycles. The van der Waals surface area contributed by atoms with Gasteiger partial charge in [0.25, 0.3) is 0 Å². The van der Waals surface area contributed by atoms with Gasteiger partial charge in [0.2, 0.25) is 0 Å². The third kappa shape index (κ3) is 2.96. The summed E-state index contributed by atoms with van der Waals surface area (Å²) in [6, 6.07) is 10.6. The molecule has 1 aromatic carbocycles. The van der Waals surface area contributed by atoms with E-state index in [1.165, 1.54) is 41.8 Å². The number of aryl methyl sites for hydroxylation is 2. The van der Waals surface area contributed by atoms with E-state index < -0.39 is 0 Å². The summed E-state index contributed by atoms with van der Waals surface area (Å²) in [6.07, 6.45) is 10.7. The minimum atomic E-state index is 0.210. The van der Waals surface area contributed by atoms with Gasteiger partial charge in [-0.05, 0) is 62.4 Å². The monoisotopic (exact) mass is 359 g/mol. The van der Waals surface area contributed by atoms with Gasteiger partial charge in [-0.2, -0.15) is 5.10 Å². The number of piperidine rings is 1. The normalized spacial score (nSPS) is 22.3. The molecule has 1 spiro atoms. The number of hydrogen-bond donors (Lipinski definition) is 0. The molecule has 0 amide bonds. The molecular weight excluding hydrogens is 334 g/mol. The van der Waals surface area contributed by atoms with Crippen molar-refractivity contribution >= 4 is 0 Å². The molecule has 5 rings (SSSR count). The van der Waals surface area contributed by atoms with Gasteiger partial charge in [0.1, 0.15) is 5.82 Å². The third-order valence-corrected chi connectivity index (χ3v) is 6.15. The average molecular weight is 359 g/mol. The van der Waals surface area contributed by atoms with Crippen LogP contribution in [0.4, 0.5) is 0 Å². The van der Waals surface area contributed by atoms with Crippen LogP contribution in [0.5, 0.6) is 0 Å². The van der Waals surface area contributed by atoms with Crippen LogP contribution in [0.3, 0.4) is 0 Å². The Labute approximate surface area is 160 Å². The van der Waals surface area contributed by atoms with Crippen LogP contribution in [-0.2, 0) is 18.4 Å². The second-order valence-electron chi connectivity index (χ2n) is 7.96. The molecule has 27 heavy (non-hydrogen) atoms. The topological polar surface area (TPSA) is 46.8 Å². The Hall–Kier alpha value is -2.53. The van der Waals surface area contributed by atoms with Crippen molar-refractivity contribution in [1.29, 1.82) is 0 Å². The van der Waals surface area contributed by atoms with Crippen LogP contribution in [0, 0.1) is 6.92 Å². The summed E-state index contributed by atoms with van der Waals surface area (Å²) in [4.78, 5) is 11.9. The molecule has 2 aromatic heterocycles. The number of benzene rings is 1. The fourth-order valence-corrected chi connectivity index (χ4v) is 4.91. The lowest BCUT2D eigenvalue weighted by atomic mass is 9.77. The van der Waals surface area contributed by atoms with E-state index in [9.17, 15) is 0 Å². The minimum Gasteiger partial charge on any atom is -0.298 e. The lowest BCUT2D eigenvalue weighted by molar-refractivity contribution is 0.136. The van der Waals surface area contributed by atoms with Gasteiger partial charge in [-0.1, -0.05) is 18.2 Å². The molecule has 1 aliphatic carbocycles. The highest BCUT2D eigenvalue weighted by Crippen LogP contribution is 2.44. The van der Waals surface area contributed by atoms with Gasteiger partial charge in [-0.25, -0.2) is 14.6 Å². The molecule has 0 N–H and O–H groups in total. The average Bonchev–Trinajstić information content (AvgIpc) is 3.32. The lowest BCUT2D eigenvalue weighted by Crippen LogP contribution is -2.45. The number of rotatable bonds is 3. The molecule has 3 aromatic rings. The summed E-state index contributed by atoms with van der Waals surface area (Å²) in [7, 11) is 0. The molecule has 2 aliphatic rings. The Morgan fingerprint density at radius 2 is 2.07 bits per heavy atom. The second-order valence-corrected chi connectivity index (χ2v) is 7.96. The first-order chi connectivity index (χ1) is 13.2. The standard InChI is InChI=1S/C22H25N5/c1-17-23-14-18-8-10-22(21(18)25-17)9-4-12-26(16-22)15-19-6-2-3-7-20(19)27-13-5-11-24-27/h2-3,5-7,11,13-14H,4,8-10,12,15-16H2,1H3. The molecule has 0 radical (unpaired) electrons. The van der Waals surface area contributed by atoms with Crippen LogP contribution >= 0.6 is 0 Å². The molecule has 1 saturated heterocycles.